The molecule has 0 fully saturated rings. The summed E-state index contributed by atoms with van der Waals surface area (Å²) in [5.74, 6) is -0.155. The van der Waals surface area contributed by atoms with Gasteiger partial charge in [-0.2, -0.15) is 0 Å². The van der Waals surface area contributed by atoms with Crippen molar-refractivity contribution in [2.24, 2.45) is 0 Å². The van der Waals surface area contributed by atoms with Crippen molar-refractivity contribution < 1.29 is 9.53 Å². The van der Waals surface area contributed by atoms with E-state index in [-0.39, 0.29) is 5.91 Å². The Morgan fingerprint density at radius 2 is 2.29 bits per heavy atom. The third-order valence-electron chi connectivity index (χ3n) is 2.89. The van der Waals surface area contributed by atoms with Crippen LogP contribution in [0.4, 0.5) is 5.69 Å². The summed E-state index contributed by atoms with van der Waals surface area (Å²) in [6.45, 7) is 5.19. The number of halogens is 1. The topological polar surface area (TPSA) is 64.3 Å². The molecule has 0 spiro atoms. The first-order valence-electron chi connectivity index (χ1n) is 6.58. The van der Waals surface area contributed by atoms with Crippen molar-refractivity contribution in [2.45, 2.75) is 6.42 Å². The van der Waals surface area contributed by atoms with E-state index in [1.54, 1.807) is 6.08 Å². The number of fused-ring (bicyclic) bond motifs is 1. The largest absolute Gasteiger partial charge is 0.397 e. The van der Waals surface area contributed by atoms with E-state index >= 15 is 0 Å². The van der Waals surface area contributed by atoms with Crippen molar-refractivity contribution in [1.82, 2.24) is 5.32 Å². The second kappa shape index (κ2) is 7.59. The van der Waals surface area contributed by atoms with E-state index in [0.717, 1.165) is 21.0 Å². The Morgan fingerprint density at radius 3 is 3.05 bits per heavy atom. The van der Waals surface area contributed by atoms with Crippen LogP contribution in [0.3, 0.4) is 0 Å². The van der Waals surface area contributed by atoms with Gasteiger partial charge in [0.25, 0.3) is 5.91 Å². The van der Waals surface area contributed by atoms with Crippen LogP contribution >= 0.6 is 27.3 Å². The maximum Gasteiger partial charge on any atom is 0.263 e. The summed E-state index contributed by atoms with van der Waals surface area (Å²) in [6.07, 6.45) is 2.61. The van der Waals surface area contributed by atoms with Gasteiger partial charge in [-0.05, 0) is 24.6 Å². The van der Waals surface area contributed by atoms with Crippen molar-refractivity contribution in [3.63, 3.8) is 0 Å². The molecule has 2 aromatic rings. The molecular formula is C15H17BrN2O2S. The molecule has 6 heteroatoms. The van der Waals surface area contributed by atoms with E-state index in [2.05, 4.69) is 27.8 Å². The molecule has 0 bridgehead atoms. The molecule has 0 saturated heterocycles. The fourth-order valence-electron chi connectivity index (χ4n) is 1.84. The number of hydrogen-bond acceptors (Lipinski definition) is 4. The molecule has 1 amide bonds. The predicted molar refractivity (Wildman–Crippen MR) is 91.9 cm³/mol. The number of carbonyl (C=O) groups excluding carboxylic acids is 1. The molecule has 1 aromatic heterocycles. The van der Waals surface area contributed by atoms with Crippen molar-refractivity contribution >= 4 is 48.9 Å². The molecule has 4 nitrogen and oxygen atoms in total. The lowest BCUT2D eigenvalue weighted by molar-refractivity contribution is 0.0922. The number of hydrogen-bond donors (Lipinski definition) is 2. The Balaban J connectivity index is 1.96. The Kier molecular flexibility index (Phi) is 5.78. The number of nitrogens with one attached hydrogen (secondary N) is 1. The van der Waals surface area contributed by atoms with Gasteiger partial charge in [-0.15, -0.1) is 17.9 Å². The quantitative estimate of drug-likeness (QED) is 0.579. The van der Waals surface area contributed by atoms with Gasteiger partial charge in [-0.25, -0.2) is 0 Å². The maximum atomic E-state index is 12.1. The molecule has 3 N–H and O–H groups in total. The highest BCUT2D eigenvalue weighted by molar-refractivity contribution is 9.10. The number of carbonyl (C=O) groups is 1. The molecule has 0 saturated carbocycles. The molecule has 21 heavy (non-hydrogen) atoms. The third kappa shape index (κ3) is 4.06. The molecule has 112 valence electrons. The van der Waals surface area contributed by atoms with Crippen LogP contribution in [0.1, 0.15) is 16.1 Å². The molecule has 0 aliphatic carbocycles. The monoisotopic (exact) mass is 368 g/mol. The molecule has 0 atom stereocenters. The fraction of sp³-hybridized carbons (Fsp3) is 0.267. The summed E-state index contributed by atoms with van der Waals surface area (Å²) in [5.41, 5.74) is 6.59. The lowest BCUT2D eigenvalue weighted by atomic mass is 10.2. The summed E-state index contributed by atoms with van der Waals surface area (Å²) in [4.78, 5) is 12.7. The number of ether oxygens (including phenoxy) is 1. The number of anilines is 1. The highest BCUT2D eigenvalue weighted by Crippen LogP contribution is 2.35. The highest BCUT2D eigenvalue weighted by Gasteiger charge is 2.16. The summed E-state index contributed by atoms with van der Waals surface area (Å²) in [7, 11) is 0. The van der Waals surface area contributed by atoms with Gasteiger partial charge in [-0.3, -0.25) is 4.79 Å². The summed E-state index contributed by atoms with van der Waals surface area (Å²) in [5, 5.41) is 3.73. The number of nitrogens with two attached hydrogens (primary N) is 1. The molecule has 1 aromatic carbocycles. The molecule has 2 rings (SSSR count). The average molecular weight is 369 g/mol. The number of benzene rings is 1. The zero-order chi connectivity index (χ0) is 15.2. The van der Waals surface area contributed by atoms with E-state index in [4.69, 9.17) is 10.5 Å². The van der Waals surface area contributed by atoms with Gasteiger partial charge in [0, 0.05) is 21.1 Å². The molecular weight excluding hydrogens is 352 g/mol. The maximum absolute atomic E-state index is 12.1. The van der Waals surface area contributed by atoms with Crippen LogP contribution in [0.2, 0.25) is 0 Å². The summed E-state index contributed by atoms with van der Waals surface area (Å²) < 4.78 is 7.29. The summed E-state index contributed by atoms with van der Waals surface area (Å²) >= 11 is 4.81. The van der Waals surface area contributed by atoms with Gasteiger partial charge < -0.3 is 15.8 Å². The third-order valence-corrected chi connectivity index (χ3v) is 4.57. The van der Waals surface area contributed by atoms with E-state index in [1.165, 1.54) is 11.3 Å². The van der Waals surface area contributed by atoms with Crippen molar-refractivity contribution in [3.05, 3.63) is 40.2 Å². The highest BCUT2D eigenvalue weighted by atomic mass is 79.9. The Morgan fingerprint density at radius 1 is 1.48 bits per heavy atom. The Labute approximate surface area is 136 Å². The summed E-state index contributed by atoms with van der Waals surface area (Å²) in [6, 6.07) is 5.82. The standard InChI is InChI=1S/C15H17BrN2O2S/c1-2-3-7-20-8-6-18-15(19)14-13(17)11-9-10(16)4-5-12(11)21-14/h2,4-5,9H,1,3,6-8,17H2,(H,18,19). The zero-order valence-electron chi connectivity index (χ0n) is 11.5. The molecule has 0 unspecified atom stereocenters. The average Bonchev–Trinajstić information content (AvgIpc) is 2.79. The first-order chi connectivity index (χ1) is 10.1. The zero-order valence-corrected chi connectivity index (χ0v) is 13.9. The SMILES string of the molecule is C=CCCOCCNC(=O)c1sc2ccc(Br)cc2c1N. The van der Waals surface area contributed by atoms with E-state index in [0.29, 0.717) is 30.3 Å². The van der Waals surface area contributed by atoms with E-state index in [9.17, 15) is 4.79 Å². The minimum atomic E-state index is -0.155. The Hall–Kier alpha value is -1.37. The minimum absolute atomic E-state index is 0.155. The fourth-order valence-corrected chi connectivity index (χ4v) is 3.22. The van der Waals surface area contributed by atoms with Crippen molar-refractivity contribution in [1.29, 1.82) is 0 Å². The van der Waals surface area contributed by atoms with Crippen LogP contribution in [0.25, 0.3) is 10.1 Å². The number of rotatable bonds is 7. The van der Waals surface area contributed by atoms with E-state index in [1.807, 2.05) is 18.2 Å². The molecule has 0 radical (unpaired) electrons. The van der Waals surface area contributed by atoms with Crippen LogP contribution in [0.15, 0.2) is 35.3 Å². The number of amides is 1. The van der Waals surface area contributed by atoms with Crippen LogP contribution in [0, 0.1) is 0 Å². The van der Waals surface area contributed by atoms with Gasteiger partial charge in [0.05, 0.1) is 18.9 Å². The van der Waals surface area contributed by atoms with Crippen LogP contribution in [-0.2, 0) is 4.74 Å². The number of nitrogen functional groups attached to an aromatic ring is 1. The van der Waals surface area contributed by atoms with E-state index < -0.39 is 0 Å². The lowest BCUT2D eigenvalue weighted by Crippen LogP contribution is -2.27. The molecule has 0 aliphatic heterocycles. The predicted octanol–water partition coefficient (Wildman–Crippen LogP) is 3.57. The molecule has 1 heterocycles. The minimum Gasteiger partial charge on any atom is -0.397 e. The van der Waals surface area contributed by atoms with Crippen LogP contribution in [0.5, 0.6) is 0 Å². The lowest BCUT2D eigenvalue weighted by Gasteiger charge is -2.05. The first-order valence-corrected chi connectivity index (χ1v) is 8.18. The number of thiophene rings is 1. The van der Waals surface area contributed by atoms with Gasteiger partial charge in [-0.1, -0.05) is 22.0 Å². The van der Waals surface area contributed by atoms with Crippen LogP contribution < -0.4 is 11.1 Å². The molecule has 0 aliphatic rings. The normalized spacial score (nSPS) is 10.7. The van der Waals surface area contributed by atoms with Gasteiger partial charge in [0.2, 0.25) is 0 Å². The first kappa shape index (κ1) is 16.0. The van der Waals surface area contributed by atoms with Crippen LogP contribution in [-0.4, -0.2) is 25.7 Å². The van der Waals surface area contributed by atoms with Gasteiger partial charge in [0.15, 0.2) is 0 Å². The Bertz CT molecular complexity index is 654. The second-order valence-corrected chi connectivity index (χ2v) is 6.40. The van der Waals surface area contributed by atoms with Crippen molar-refractivity contribution in [3.8, 4) is 0 Å². The second-order valence-electron chi connectivity index (χ2n) is 4.43. The van der Waals surface area contributed by atoms with Gasteiger partial charge in [0.1, 0.15) is 4.88 Å². The smallest absolute Gasteiger partial charge is 0.263 e. The van der Waals surface area contributed by atoms with Crippen molar-refractivity contribution in [2.75, 3.05) is 25.5 Å². The van der Waals surface area contributed by atoms with Gasteiger partial charge >= 0.3 is 0 Å².